The Balaban J connectivity index is 2.51. The normalized spacial score (nSPS) is 15.4. The molecule has 0 bridgehead atoms. The Morgan fingerprint density at radius 1 is 1.29 bits per heavy atom. The van der Waals surface area contributed by atoms with E-state index >= 15 is 0 Å². The average Bonchev–Trinajstić information content (AvgIpc) is 2.64. The zero-order chi connectivity index (χ0) is 10.6. The second-order valence-electron chi connectivity index (χ2n) is 3.88. The maximum absolute atomic E-state index is 9.86. The molecule has 1 nitrogen and oxygen atoms in total. The number of aryl methyl sites for hydroxylation is 1. The minimum absolute atomic E-state index is 0.177. The molecule has 2 unspecified atom stereocenters. The smallest absolute Gasteiger partial charge is 0.0613 e. The van der Waals surface area contributed by atoms with E-state index in [4.69, 9.17) is 0 Å². The largest absolute Gasteiger partial charge is 0.392 e. The lowest BCUT2D eigenvalue weighted by atomic mass is 9.99. The van der Waals surface area contributed by atoms with E-state index < -0.39 is 0 Å². The quantitative estimate of drug-likeness (QED) is 0.794. The second-order valence-corrected chi connectivity index (χ2v) is 5.13. The predicted octanol–water partition coefficient (Wildman–Crippen LogP) is 3.26. The third-order valence-electron chi connectivity index (χ3n) is 2.78. The maximum Gasteiger partial charge on any atom is 0.0613 e. The van der Waals surface area contributed by atoms with Gasteiger partial charge in [0, 0.05) is 16.2 Å². The van der Waals surface area contributed by atoms with Gasteiger partial charge in [0.15, 0.2) is 0 Å². The van der Waals surface area contributed by atoms with E-state index in [1.54, 1.807) is 0 Å². The van der Waals surface area contributed by atoms with Crippen LogP contribution in [0, 0.1) is 5.92 Å². The lowest BCUT2D eigenvalue weighted by Gasteiger charge is -2.15. The molecular weight excluding hydrogens is 192 g/mol. The number of thiophene rings is 1. The zero-order valence-electron chi connectivity index (χ0n) is 9.29. The van der Waals surface area contributed by atoms with Crippen molar-refractivity contribution in [3.63, 3.8) is 0 Å². The minimum Gasteiger partial charge on any atom is -0.392 e. The van der Waals surface area contributed by atoms with Gasteiger partial charge in [0.25, 0.3) is 0 Å². The van der Waals surface area contributed by atoms with E-state index in [1.807, 2.05) is 11.3 Å². The van der Waals surface area contributed by atoms with Gasteiger partial charge >= 0.3 is 0 Å². The van der Waals surface area contributed by atoms with Gasteiger partial charge in [-0.3, -0.25) is 0 Å². The lowest BCUT2D eigenvalue weighted by Crippen LogP contribution is -2.18. The van der Waals surface area contributed by atoms with Crippen LogP contribution in [-0.4, -0.2) is 11.2 Å². The van der Waals surface area contributed by atoms with Crippen LogP contribution < -0.4 is 0 Å². The van der Waals surface area contributed by atoms with Crippen LogP contribution in [0.3, 0.4) is 0 Å². The third kappa shape index (κ3) is 3.10. The number of hydrogen-bond donors (Lipinski definition) is 1. The van der Waals surface area contributed by atoms with Crippen molar-refractivity contribution in [2.45, 2.75) is 46.1 Å². The van der Waals surface area contributed by atoms with Crippen LogP contribution in [0.15, 0.2) is 12.1 Å². The summed E-state index contributed by atoms with van der Waals surface area (Å²) < 4.78 is 0. The van der Waals surface area contributed by atoms with Crippen molar-refractivity contribution in [2.75, 3.05) is 0 Å². The highest BCUT2D eigenvalue weighted by Crippen LogP contribution is 2.21. The molecule has 14 heavy (non-hydrogen) atoms. The molecule has 0 aliphatic rings. The van der Waals surface area contributed by atoms with Gasteiger partial charge < -0.3 is 5.11 Å². The molecule has 1 aromatic heterocycles. The second kappa shape index (κ2) is 5.52. The van der Waals surface area contributed by atoms with E-state index in [-0.39, 0.29) is 6.10 Å². The summed E-state index contributed by atoms with van der Waals surface area (Å²) in [5.74, 6) is 0.405. The zero-order valence-corrected chi connectivity index (χ0v) is 10.1. The molecule has 2 atom stereocenters. The Hall–Kier alpha value is -0.340. The van der Waals surface area contributed by atoms with E-state index in [0.29, 0.717) is 5.92 Å². The average molecular weight is 212 g/mol. The molecule has 80 valence electrons. The van der Waals surface area contributed by atoms with Gasteiger partial charge in [-0.25, -0.2) is 0 Å². The van der Waals surface area contributed by atoms with Crippen molar-refractivity contribution in [3.8, 4) is 0 Å². The molecule has 0 aromatic carbocycles. The van der Waals surface area contributed by atoms with Gasteiger partial charge in [-0.15, -0.1) is 11.3 Å². The summed E-state index contributed by atoms with van der Waals surface area (Å²) in [6, 6.07) is 4.32. The molecule has 0 radical (unpaired) electrons. The van der Waals surface area contributed by atoms with Crippen molar-refractivity contribution in [1.29, 1.82) is 0 Å². The summed E-state index contributed by atoms with van der Waals surface area (Å²) in [7, 11) is 0. The fourth-order valence-electron chi connectivity index (χ4n) is 1.40. The molecule has 0 spiro atoms. The highest BCUT2D eigenvalue weighted by atomic mass is 32.1. The SMILES string of the molecule is CCc1ccc(CC(O)C(C)CC)s1. The molecular formula is C12H20OS. The fourth-order valence-corrected chi connectivity index (χ4v) is 2.41. The van der Waals surface area contributed by atoms with Crippen LogP contribution in [0.1, 0.15) is 36.9 Å². The monoisotopic (exact) mass is 212 g/mol. The summed E-state index contributed by atoms with van der Waals surface area (Å²) in [4.78, 5) is 2.73. The van der Waals surface area contributed by atoms with Crippen molar-refractivity contribution in [2.24, 2.45) is 5.92 Å². The molecule has 2 heteroatoms. The Kier molecular flexibility index (Phi) is 4.63. The van der Waals surface area contributed by atoms with E-state index in [9.17, 15) is 5.11 Å². The highest BCUT2D eigenvalue weighted by Gasteiger charge is 2.13. The van der Waals surface area contributed by atoms with Gasteiger partial charge in [-0.2, -0.15) is 0 Å². The van der Waals surface area contributed by atoms with Crippen LogP contribution in [0.25, 0.3) is 0 Å². The predicted molar refractivity (Wildman–Crippen MR) is 62.9 cm³/mol. The molecule has 0 amide bonds. The van der Waals surface area contributed by atoms with Crippen LogP contribution in [0.4, 0.5) is 0 Å². The number of aliphatic hydroxyl groups excluding tert-OH is 1. The van der Waals surface area contributed by atoms with Crippen molar-refractivity contribution in [1.82, 2.24) is 0 Å². The van der Waals surface area contributed by atoms with Crippen molar-refractivity contribution in [3.05, 3.63) is 21.9 Å². The first-order valence-electron chi connectivity index (χ1n) is 5.43. The highest BCUT2D eigenvalue weighted by molar-refractivity contribution is 7.11. The molecule has 1 aromatic rings. The summed E-state index contributed by atoms with van der Waals surface area (Å²) >= 11 is 1.83. The Morgan fingerprint density at radius 3 is 2.43 bits per heavy atom. The number of hydrogen-bond acceptors (Lipinski definition) is 2. The number of rotatable bonds is 5. The first-order chi connectivity index (χ1) is 6.67. The van der Waals surface area contributed by atoms with Crippen LogP contribution in [0.5, 0.6) is 0 Å². The Bertz CT molecular complexity index is 267. The van der Waals surface area contributed by atoms with Gasteiger partial charge in [0.1, 0.15) is 0 Å². The molecule has 1 heterocycles. The fraction of sp³-hybridized carbons (Fsp3) is 0.667. The van der Waals surface area contributed by atoms with Crippen LogP contribution in [-0.2, 0) is 12.8 Å². The van der Waals surface area contributed by atoms with Gasteiger partial charge in [0.2, 0.25) is 0 Å². The minimum atomic E-state index is -0.177. The Morgan fingerprint density at radius 2 is 1.93 bits per heavy atom. The van der Waals surface area contributed by atoms with Crippen molar-refractivity contribution >= 4 is 11.3 Å². The molecule has 0 saturated heterocycles. The topological polar surface area (TPSA) is 20.2 Å². The van der Waals surface area contributed by atoms with Crippen molar-refractivity contribution < 1.29 is 5.11 Å². The van der Waals surface area contributed by atoms with Gasteiger partial charge in [0.05, 0.1) is 6.10 Å². The lowest BCUT2D eigenvalue weighted by molar-refractivity contribution is 0.115. The van der Waals surface area contributed by atoms with E-state index in [0.717, 1.165) is 19.3 Å². The van der Waals surface area contributed by atoms with E-state index in [2.05, 4.69) is 32.9 Å². The summed E-state index contributed by atoms with van der Waals surface area (Å²) in [6.07, 6.45) is 2.79. The standard InChI is InChI=1S/C12H20OS/c1-4-9(3)12(13)8-11-7-6-10(5-2)14-11/h6-7,9,12-13H,4-5,8H2,1-3H3. The summed E-state index contributed by atoms with van der Waals surface area (Å²) in [5, 5.41) is 9.86. The maximum atomic E-state index is 9.86. The van der Waals surface area contributed by atoms with Crippen LogP contribution in [0.2, 0.25) is 0 Å². The van der Waals surface area contributed by atoms with E-state index in [1.165, 1.54) is 9.75 Å². The Labute approximate surface area is 90.8 Å². The van der Waals surface area contributed by atoms with Gasteiger partial charge in [-0.1, -0.05) is 27.2 Å². The summed E-state index contributed by atoms with van der Waals surface area (Å²) in [6.45, 7) is 6.40. The first-order valence-corrected chi connectivity index (χ1v) is 6.24. The third-order valence-corrected chi connectivity index (χ3v) is 4.03. The molecule has 0 saturated carbocycles. The molecule has 0 fully saturated rings. The molecule has 0 aliphatic heterocycles. The summed E-state index contributed by atoms with van der Waals surface area (Å²) in [5.41, 5.74) is 0. The van der Waals surface area contributed by atoms with Gasteiger partial charge in [-0.05, 0) is 24.5 Å². The number of aliphatic hydroxyl groups is 1. The molecule has 0 aliphatic carbocycles. The molecule has 1 N–H and O–H groups in total. The van der Waals surface area contributed by atoms with Crippen LogP contribution >= 0.6 is 11.3 Å². The molecule has 1 rings (SSSR count). The first kappa shape index (κ1) is 11.7.